The van der Waals surface area contributed by atoms with Crippen molar-refractivity contribution in [3.05, 3.63) is 47.5 Å². The number of carbonyl (C=O) groups excluding carboxylic acids is 1. The molecule has 1 saturated heterocycles. The maximum absolute atomic E-state index is 13.2. The van der Waals surface area contributed by atoms with Crippen molar-refractivity contribution >= 4 is 21.6 Å². The number of benzene rings is 2. The maximum Gasteiger partial charge on any atom is 0.243 e. The molecule has 32 heavy (non-hydrogen) atoms. The zero-order valence-corrected chi connectivity index (χ0v) is 19.4. The fourth-order valence-corrected chi connectivity index (χ4v) is 6.04. The van der Waals surface area contributed by atoms with E-state index in [0.717, 1.165) is 31.2 Å². The number of hydrogen-bond donors (Lipinski definition) is 1. The van der Waals surface area contributed by atoms with Crippen LogP contribution < -0.4 is 14.8 Å². The number of nitrogens with one attached hydrogen (secondary N) is 1. The summed E-state index contributed by atoms with van der Waals surface area (Å²) in [5.74, 6) is 0.779. The monoisotopic (exact) mass is 458 g/mol. The first-order chi connectivity index (χ1) is 15.4. The number of hydrogen-bond acceptors (Lipinski definition) is 5. The van der Waals surface area contributed by atoms with E-state index in [1.807, 2.05) is 12.1 Å². The first kappa shape index (κ1) is 22.6. The van der Waals surface area contributed by atoms with Gasteiger partial charge in [-0.1, -0.05) is 6.07 Å². The smallest absolute Gasteiger partial charge is 0.243 e. The van der Waals surface area contributed by atoms with Crippen LogP contribution >= 0.6 is 0 Å². The highest BCUT2D eigenvalue weighted by atomic mass is 32.2. The zero-order valence-electron chi connectivity index (χ0n) is 18.6. The Kier molecular flexibility index (Phi) is 6.71. The molecule has 1 heterocycles. The molecule has 0 bridgehead atoms. The molecule has 172 valence electrons. The molecule has 2 aromatic rings. The van der Waals surface area contributed by atoms with Crippen molar-refractivity contribution in [2.24, 2.45) is 5.92 Å². The number of methoxy groups -OCH3 is 2. The SMILES string of the molecule is COc1ccc(NC(=O)C2CCN(S(=O)(=O)c3ccc4c(c3)CCCC4)CC2)c(OC)c1. The number of fused-ring (bicyclic) bond motifs is 1. The Morgan fingerprint density at radius 3 is 2.38 bits per heavy atom. The van der Waals surface area contributed by atoms with Crippen molar-refractivity contribution in [2.75, 3.05) is 32.6 Å². The van der Waals surface area contributed by atoms with Crippen LogP contribution in [0.3, 0.4) is 0 Å². The Hall–Kier alpha value is -2.58. The van der Waals surface area contributed by atoms with Gasteiger partial charge >= 0.3 is 0 Å². The molecule has 4 rings (SSSR count). The minimum absolute atomic E-state index is 0.126. The average molecular weight is 459 g/mol. The predicted molar refractivity (Wildman–Crippen MR) is 123 cm³/mol. The largest absolute Gasteiger partial charge is 0.497 e. The second-order valence-corrected chi connectivity index (χ2v) is 10.3. The van der Waals surface area contributed by atoms with Gasteiger partial charge in [-0.05, 0) is 73.9 Å². The Labute approximate surface area is 189 Å². The molecule has 2 aliphatic rings. The number of piperidine rings is 1. The topological polar surface area (TPSA) is 84.9 Å². The summed E-state index contributed by atoms with van der Waals surface area (Å²) in [7, 11) is -0.449. The molecule has 0 aromatic heterocycles. The van der Waals surface area contributed by atoms with Gasteiger partial charge in [-0.2, -0.15) is 4.31 Å². The minimum Gasteiger partial charge on any atom is -0.497 e. The highest BCUT2D eigenvalue weighted by Gasteiger charge is 2.32. The van der Waals surface area contributed by atoms with E-state index in [9.17, 15) is 13.2 Å². The third kappa shape index (κ3) is 4.61. The molecule has 1 aliphatic heterocycles. The summed E-state index contributed by atoms with van der Waals surface area (Å²) >= 11 is 0. The Morgan fingerprint density at radius 1 is 0.969 bits per heavy atom. The van der Waals surface area contributed by atoms with Crippen LogP contribution in [0.1, 0.15) is 36.8 Å². The third-order valence-electron chi connectivity index (χ3n) is 6.45. The van der Waals surface area contributed by atoms with Crippen LogP contribution in [0, 0.1) is 5.92 Å². The number of anilines is 1. The average Bonchev–Trinajstić information content (AvgIpc) is 2.84. The van der Waals surface area contributed by atoms with Gasteiger partial charge in [0.05, 0.1) is 24.8 Å². The number of nitrogens with zero attached hydrogens (tertiary/aromatic N) is 1. The van der Waals surface area contributed by atoms with Crippen LogP contribution in [0.25, 0.3) is 0 Å². The summed E-state index contributed by atoms with van der Waals surface area (Å²) in [5.41, 5.74) is 2.99. The lowest BCUT2D eigenvalue weighted by Gasteiger charge is -2.31. The normalized spacial score (nSPS) is 17.4. The van der Waals surface area contributed by atoms with Gasteiger partial charge in [-0.3, -0.25) is 4.79 Å². The van der Waals surface area contributed by atoms with Gasteiger partial charge in [-0.15, -0.1) is 0 Å². The molecule has 1 aliphatic carbocycles. The molecule has 1 N–H and O–H groups in total. The van der Waals surface area contributed by atoms with Crippen molar-refractivity contribution in [1.29, 1.82) is 0 Å². The van der Waals surface area contributed by atoms with Crippen LogP contribution in [-0.4, -0.2) is 45.9 Å². The molecule has 0 radical (unpaired) electrons. The van der Waals surface area contributed by atoms with Crippen molar-refractivity contribution in [3.63, 3.8) is 0 Å². The molecule has 2 aromatic carbocycles. The summed E-state index contributed by atoms with van der Waals surface area (Å²) in [6, 6.07) is 10.7. The van der Waals surface area contributed by atoms with E-state index in [2.05, 4.69) is 5.32 Å². The van der Waals surface area contributed by atoms with Crippen LogP contribution in [-0.2, 0) is 27.7 Å². The quantitative estimate of drug-likeness (QED) is 0.715. The Bertz CT molecular complexity index is 1090. The molecule has 0 atom stereocenters. The fraction of sp³-hybridized carbons (Fsp3) is 0.458. The van der Waals surface area contributed by atoms with E-state index < -0.39 is 10.0 Å². The van der Waals surface area contributed by atoms with Crippen LogP contribution in [0.2, 0.25) is 0 Å². The molecule has 0 spiro atoms. The number of carbonyl (C=O) groups is 1. The lowest BCUT2D eigenvalue weighted by atomic mass is 9.92. The predicted octanol–water partition coefficient (Wildman–Crippen LogP) is 3.62. The summed E-state index contributed by atoms with van der Waals surface area (Å²) in [4.78, 5) is 13.2. The molecule has 1 amide bonds. The number of amides is 1. The van der Waals surface area contributed by atoms with Gasteiger partial charge in [-0.25, -0.2) is 8.42 Å². The van der Waals surface area contributed by atoms with E-state index in [1.54, 1.807) is 31.4 Å². The molecule has 0 saturated carbocycles. The van der Waals surface area contributed by atoms with Crippen molar-refractivity contribution in [1.82, 2.24) is 4.31 Å². The van der Waals surface area contributed by atoms with Crippen molar-refractivity contribution < 1.29 is 22.7 Å². The highest BCUT2D eigenvalue weighted by molar-refractivity contribution is 7.89. The van der Waals surface area contributed by atoms with Gasteiger partial charge in [0.15, 0.2) is 0 Å². The highest BCUT2D eigenvalue weighted by Crippen LogP contribution is 2.31. The van der Waals surface area contributed by atoms with E-state index >= 15 is 0 Å². The Morgan fingerprint density at radius 2 is 1.69 bits per heavy atom. The van der Waals surface area contributed by atoms with Crippen LogP contribution in [0.4, 0.5) is 5.69 Å². The second kappa shape index (κ2) is 9.50. The Balaban J connectivity index is 1.40. The van der Waals surface area contributed by atoms with E-state index in [1.165, 1.54) is 17.0 Å². The van der Waals surface area contributed by atoms with Crippen LogP contribution in [0.15, 0.2) is 41.3 Å². The lowest BCUT2D eigenvalue weighted by molar-refractivity contribution is -0.120. The lowest BCUT2D eigenvalue weighted by Crippen LogP contribution is -2.41. The maximum atomic E-state index is 13.2. The first-order valence-electron chi connectivity index (χ1n) is 11.1. The zero-order chi connectivity index (χ0) is 22.7. The van der Waals surface area contributed by atoms with E-state index in [0.29, 0.717) is 48.0 Å². The summed E-state index contributed by atoms with van der Waals surface area (Å²) < 4.78 is 38.4. The standard InChI is InChI=1S/C24H30N2O5S/c1-30-20-8-10-22(23(16-20)31-2)25-24(27)18-11-13-26(14-12-18)32(28,29)21-9-7-17-5-3-4-6-19(17)15-21/h7-10,15-16,18H,3-6,11-14H2,1-2H3,(H,25,27). The molecule has 8 heteroatoms. The van der Waals surface area contributed by atoms with Crippen molar-refractivity contribution in [2.45, 2.75) is 43.4 Å². The summed E-state index contributed by atoms with van der Waals surface area (Å²) in [6.07, 6.45) is 5.20. The van der Waals surface area contributed by atoms with E-state index in [4.69, 9.17) is 9.47 Å². The molecule has 7 nitrogen and oxygen atoms in total. The number of ether oxygens (including phenoxy) is 2. The molecular formula is C24H30N2O5S. The van der Waals surface area contributed by atoms with Gasteiger partial charge in [0.2, 0.25) is 15.9 Å². The number of aryl methyl sites for hydroxylation is 2. The number of sulfonamides is 1. The van der Waals surface area contributed by atoms with Gasteiger partial charge in [0.1, 0.15) is 11.5 Å². The van der Waals surface area contributed by atoms with Crippen molar-refractivity contribution in [3.8, 4) is 11.5 Å². The molecule has 1 fully saturated rings. The van der Waals surface area contributed by atoms with Gasteiger partial charge in [0.25, 0.3) is 0 Å². The number of rotatable bonds is 6. The fourth-order valence-electron chi connectivity index (χ4n) is 4.51. The molecule has 0 unspecified atom stereocenters. The minimum atomic E-state index is -3.55. The summed E-state index contributed by atoms with van der Waals surface area (Å²) in [6.45, 7) is 0.661. The van der Waals surface area contributed by atoms with Gasteiger partial charge in [0, 0.05) is 25.1 Å². The molecular weight excluding hydrogens is 428 g/mol. The second-order valence-electron chi connectivity index (χ2n) is 8.37. The third-order valence-corrected chi connectivity index (χ3v) is 8.34. The van der Waals surface area contributed by atoms with Gasteiger partial charge < -0.3 is 14.8 Å². The van der Waals surface area contributed by atoms with E-state index in [-0.39, 0.29) is 11.8 Å². The summed E-state index contributed by atoms with van der Waals surface area (Å²) in [5, 5.41) is 2.91. The van der Waals surface area contributed by atoms with Crippen LogP contribution in [0.5, 0.6) is 11.5 Å². The first-order valence-corrected chi connectivity index (χ1v) is 12.5.